The van der Waals surface area contributed by atoms with Crippen molar-refractivity contribution in [2.24, 2.45) is 4.99 Å². The number of hydrogen-bond acceptors (Lipinski definition) is 3. The van der Waals surface area contributed by atoms with Crippen LogP contribution in [0.5, 0.6) is 5.75 Å². The fourth-order valence-electron chi connectivity index (χ4n) is 3.37. The molecule has 5 nitrogen and oxygen atoms in total. The molecule has 26 heavy (non-hydrogen) atoms. The summed E-state index contributed by atoms with van der Waals surface area (Å²) in [6, 6.07) is 6.53. The van der Waals surface area contributed by atoms with Gasteiger partial charge < -0.3 is 15.4 Å². The molecule has 3 atom stereocenters. The molecule has 2 rings (SSSR count). The summed E-state index contributed by atoms with van der Waals surface area (Å²) in [6.07, 6.45) is 4.28. The summed E-state index contributed by atoms with van der Waals surface area (Å²) in [5, 5.41) is 7.20. The maximum Gasteiger partial charge on any atom is 0.191 e. The number of hydrogen-bond donors (Lipinski definition) is 2. The van der Waals surface area contributed by atoms with E-state index in [1.165, 1.54) is 5.56 Å². The minimum absolute atomic E-state index is 0. The molecule has 0 radical (unpaired) electrons. The minimum atomic E-state index is -0.702. The van der Waals surface area contributed by atoms with E-state index in [1.807, 2.05) is 19.9 Å². The fraction of sp³-hybridized carbons (Fsp3) is 0.632. The Bertz CT molecular complexity index is 625. The highest BCUT2D eigenvalue weighted by Gasteiger charge is 2.25. The maximum absolute atomic E-state index is 12.1. The maximum atomic E-state index is 12.1. The molecule has 7 heteroatoms. The quantitative estimate of drug-likeness (QED) is 0.363. The Morgan fingerprint density at radius 1 is 1.38 bits per heavy atom. The first kappa shape index (κ1) is 23.2. The number of nitrogens with one attached hydrogen (secondary N) is 2. The molecule has 1 saturated carbocycles. The summed E-state index contributed by atoms with van der Waals surface area (Å²) in [7, 11) is 2.78. The number of methoxy groups -OCH3 is 1. The normalized spacial score (nSPS) is 21.5. The van der Waals surface area contributed by atoms with E-state index in [9.17, 15) is 4.21 Å². The largest absolute Gasteiger partial charge is 0.496 e. The van der Waals surface area contributed by atoms with E-state index in [-0.39, 0.29) is 24.0 Å². The van der Waals surface area contributed by atoms with E-state index >= 15 is 0 Å². The van der Waals surface area contributed by atoms with Crippen molar-refractivity contribution in [1.29, 1.82) is 0 Å². The first-order chi connectivity index (χ1) is 12.1. The van der Waals surface area contributed by atoms with E-state index in [2.05, 4.69) is 27.8 Å². The third-order valence-corrected chi connectivity index (χ3v) is 6.51. The van der Waals surface area contributed by atoms with Gasteiger partial charge >= 0.3 is 0 Å². The number of benzene rings is 1. The Morgan fingerprint density at radius 3 is 2.77 bits per heavy atom. The molecule has 0 aliphatic heterocycles. The average molecular weight is 493 g/mol. The van der Waals surface area contributed by atoms with Gasteiger partial charge in [-0.05, 0) is 43.4 Å². The summed E-state index contributed by atoms with van der Waals surface area (Å²) in [6.45, 7) is 4.76. The molecule has 3 unspecified atom stereocenters. The monoisotopic (exact) mass is 493 g/mol. The molecule has 1 fully saturated rings. The Kier molecular flexibility index (Phi) is 10.5. The van der Waals surface area contributed by atoms with Crippen LogP contribution in [0, 0.1) is 6.92 Å². The zero-order valence-corrected chi connectivity index (χ0v) is 19.4. The molecule has 1 aromatic rings. The van der Waals surface area contributed by atoms with Crippen LogP contribution >= 0.6 is 24.0 Å². The molecule has 1 aromatic carbocycles. The molecule has 0 heterocycles. The van der Waals surface area contributed by atoms with Crippen LogP contribution in [0.1, 0.15) is 43.7 Å². The Balaban J connectivity index is 0.00000338. The molecule has 0 amide bonds. The van der Waals surface area contributed by atoms with Crippen molar-refractivity contribution in [1.82, 2.24) is 10.6 Å². The second kappa shape index (κ2) is 11.8. The Labute approximate surface area is 177 Å². The molecule has 0 aromatic heterocycles. The van der Waals surface area contributed by atoms with Crippen molar-refractivity contribution in [3.05, 3.63) is 29.3 Å². The summed E-state index contributed by atoms with van der Waals surface area (Å²) in [5.41, 5.74) is 2.32. The summed E-state index contributed by atoms with van der Waals surface area (Å²) in [5.74, 6) is 2.46. The SMILES string of the molecule is CCS(=O)C1CCCC(NC(=NC)NCc2ccc(OC)c(C)c2)C1.I. The standard InChI is InChI=1S/C19H31N3O2S.HI/c1-5-25(23)17-8-6-7-16(12-17)22-19(20-3)21-13-15-9-10-18(24-4)14(2)11-15;/h9-11,16-17H,5-8,12-13H2,1-4H3,(H2,20,21,22);1H. The van der Waals surface area contributed by atoms with Crippen molar-refractivity contribution in [2.45, 2.75) is 57.4 Å². The predicted molar refractivity (Wildman–Crippen MR) is 121 cm³/mol. The Morgan fingerprint density at radius 2 is 2.15 bits per heavy atom. The lowest BCUT2D eigenvalue weighted by Crippen LogP contribution is -2.46. The van der Waals surface area contributed by atoms with Crippen molar-refractivity contribution in [3.63, 3.8) is 0 Å². The van der Waals surface area contributed by atoms with Gasteiger partial charge in [-0.25, -0.2) is 0 Å². The van der Waals surface area contributed by atoms with Crippen LogP contribution in [0.2, 0.25) is 0 Å². The first-order valence-electron chi connectivity index (χ1n) is 9.05. The first-order valence-corrected chi connectivity index (χ1v) is 10.4. The molecular weight excluding hydrogens is 461 g/mol. The van der Waals surface area contributed by atoms with E-state index < -0.39 is 10.8 Å². The number of aliphatic imine (C=N–C) groups is 1. The topological polar surface area (TPSA) is 62.7 Å². The van der Waals surface area contributed by atoms with Crippen molar-refractivity contribution < 1.29 is 8.95 Å². The summed E-state index contributed by atoms with van der Waals surface area (Å²) in [4.78, 5) is 4.34. The Hall–Kier alpha value is -0.830. The second-order valence-electron chi connectivity index (χ2n) is 6.53. The van der Waals surface area contributed by atoms with Gasteiger partial charge in [0.05, 0.1) is 7.11 Å². The third kappa shape index (κ3) is 6.72. The number of nitrogens with zero attached hydrogens (tertiary/aromatic N) is 1. The number of aryl methyl sites for hydroxylation is 1. The van der Waals surface area contributed by atoms with Crippen molar-refractivity contribution >= 4 is 40.7 Å². The van der Waals surface area contributed by atoms with Crippen molar-refractivity contribution in [2.75, 3.05) is 19.9 Å². The van der Waals surface area contributed by atoms with Gasteiger partial charge in [-0.3, -0.25) is 9.20 Å². The van der Waals surface area contributed by atoms with E-state index in [1.54, 1.807) is 14.2 Å². The molecule has 0 spiro atoms. The number of rotatable bonds is 6. The van der Waals surface area contributed by atoms with E-state index in [0.717, 1.165) is 48.7 Å². The molecule has 2 N–H and O–H groups in total. The number of guanidine groups is 1. The lowest BCUT2D eigenvalue weighted by Gasteiger charge is -2.30. The van der Waals surface area contributed by atoms with Crippen LogP contribution in [0.15, 0.2) is 23.2 Å². The zero-order valence-electron chi connectivity index (χ0n) is 16.2. The minimum Gasteiger partial charge on any atom is -0.496 e. The van der Waals surface area contributed by atoms with Gasteiger partial charge in [0.2, 0.25) is 0 Å². The molecule has 1 aliphatic carbocycles. The lowest BCUT2D eigenvalue weighted by atomic mass is 9.95. The predicted octanol–water partition coefficient (Wildman–Crippen LogP) is 3.37. The highest BCUT2D eigenvalue weighted by atomic mass is 127. The molecule has 148 valence electrons. The zero-order chi connectivity index (χ0) is 18.2. The molecule has 0 saturated heterocycles. The summed E-state index contributed by atoms with van der Waals surface area (Å²) >= 11 is 0. The van der Waals surface area contributed by atoms with Crippen LogP contribution in [0.25, 0.3) is 0 Å². The third-order valence-electron chi connectivity index (χ3n) is 4.77. The fourth-order valence-corrected chi connectivity index (χ4v) is 4.72. The van der Waals surface area contributed by atoms with Gasteiger partial charge in [0.25, 0.3) is 0 Å². The molecule has 0 bridgehead atoms. The van der Waals surface area contributed by atoms with Crippen LogP contribution in [-0.4, -0.2) is 41.4 Å². The van der Waals surface area contributed by atoms with Crippen molar-refractivity contribution in [3.8, 4) is 5.75 Å². The smallest absolute Gasteiger partial charge is 0.191 e. The van der Waals surface area contributed by atoms with Gasteiger partial charge in [-0.2, -0.15) is 0 Å². The van der Waals surface area contributed by atoms with Crippen LogP contribution in [-0.2, 0) is 17.3 Å². The summed E-state index contributed by atoms with van der Waals surface area (Å²) < 4.78 is 17.4. The lowest BCUT2D eigenvalue weighted by molar-refractivity contribution is 0.411. The number of halogens is 1. The van der Waals surface area contributed by atoms with Gasteiger partial charge in [-0.1, -0.05) is 25.5 Å². The van der Waals surface area contributed by atoms with Crippen LogP contribution in [0.4, 0.5) is 0 Å². The van der Waals surface area contributed by atoms with Gasteiger partial charge in [0.1, 0.15) is 5.75 Å². The van der Waals surface area contributed by atoms with Crippen LogP contribution in [0.3, 0.4) is 0 Å². The van der Waals surface area contributed by atoms with Gasteiger partial charge in [0.15, 0.2) is 5.96 Å². The highest BCUT2D eigenvalue weighted by molar-refractivity contribution is 14.0. The van der Waals surface area contributed by atoms with E-state index in [0.29, 0.717) is 17.8 Å². The average Bonchev–Trinajstić information content (AvgIpc) is 2.64. The highest BCUT2D eigenvalue weighted by Crippen LogP contribution is 2.23. The van der Waals surface area contributed by atoms with Crippen LogP contribution < -0.4 is 15.4 Å². The van der Waals surface area contributed by atoms with Gasteiger partial charge in [0, 0.05) is 41.4 Å². The number of ether oxygens (including phenoxy) is 1. The van der Waals surface area contributed by atoms with Gasteiger partial charge in [-0.15, -0.1) is 24.0 Å². The molecule has 1 aliphatic rings. The second-order valence-corrected chi connectivity index (χ2v) is 8.53. The van der Waals surface area contributed by atoms with E-state index in [4.69, 9.17) is 4.74 Å². The molecular formula is C19H32IN3O2S.